The van der Waals surface area contributed by atoms with Crippen molar-refractivity contribution in [3.05, 3.63) is 30.0 Å². The second-order valence-electron chi connectivity index (χ2n) is 3.67. The summed E-state index contributed by atoms with van der Waals surface area (Å²) in [7, 11) is 1.25. The number of benzene rings is 1. The maximum Gasteiger partial charge on any atom is 0.325 e. The number of nitrogen functional groups attached to an aromatic ring is 1. The normalized spacial score (nSPS) is 10.3. The van der Waals surface area contributed by atoms with Gasteiger partial charge in [-0.25, -0.2) is 0 Å². The fourth-order valence-electron chi connectivity index (χ4n) is 1.49. The Bertz CT molecular complexity index is 603. The van der Waals surface area contributed by atoms with E-state index in [1.165, 1.54) is 7.11 Å². The molecule has 0 atom stereocenters. The third-order valence-corrected chi connectivity index (χ3v) is 2.39. The first kappa shape index (κ1) is 12.0. The Morgan fingerprint density at radius 1 is 1.39 bits per heavy atom. The predicted molar refractivity (Wildman–Crippen MR) is 65.0 cm³/mol. The van der Waals surface area contributed by atoms with E-state index in [4.69, 9.17) is 10.2 Å². The lowest BCUT2D eigenvalue weighted by atomic mass is 10.2. The molecular formula is C12H12N2O4. The number of fused-ring (bicyclic) bond motifs is 1. The number of nitrogens with one attached hydrogen (secondary N) is 1. The van der Waals surface area contributed by atoms with Gasteiger partial charge in [-0.2, -0.15) is 0 Å². The van der Waals surface area contributed by atoms with Crippen LogP contribution in [0.4, 0.5) is 5.69 Å². The van der Waals surface area contributed by atoms with E-state index < -0.39 is 11.9 Å². The summed E-state index contributed by atoms with van der Waals surface area (Å²) in [5.74, 6) is -0.876. The van der Waals surface area contributed by atoms with Crippen molar-refractivity contribution < 1.29 is 18.7 Å². The molecule has 1 aromatic heterocycles. The number of methoxy groups -OCH3 is 1. The van der Waals surface area contributed by atoms with Crippen molar-refractivity contribution in [3.63, 3.8) is 0 Å². The molecule has 1 amide bonds. The van der Waals surface area contributed by atoms with Crippen LogP contribution in [-0.2, 0) is 9.53 Å². The number of nitrogens with two attached hydrogens (primary N) is 1. The largest absolute Gasteiger partial charge is 0.468 e. The van der Waals surface area contributed by atoms with E-state index in [9.17, 15) is 9.59 Å². The van der Waals surface area contributed by atoms with Gasteiger partial charge in [-0.05, 0) is 24.3 Å². The zero-order chi connectivity index (χ0) is 13.1. The van der Waals surface area contributed by atoms with Crippen LogP contribution in [0.15, 0.2) is 28.7 Å². The number of furan rings is 1. The van der Waals surface area contributed by atoms with Crippen LogP contribution < -0.4 is 11.1 Å². The van der Waals surface area contributed by atoms with Crippen molar-refractivity contribution in [1.82, 2.24) is 5.32 Å². The molecule has 6 heteroatoms. The van der Waals surface area contributed by atoms with E-state index in [0.717, 1.165) is 5.39 Å². The van der Waals surface area contributed by atoms with Gasteiger partial charge in [0.2, 0.25) is 0 Å². The molecule has 1 heterocycles. The molecule has 94 valence electrons. The number of esters is 1. The Labute approximate surface area is 103 Å². The number of hydrogen-bond donors (Lipinski definition) is 2. The molecule has 0 aliphatic rings. The maximum absolute atomic E-state index is 11.7. The molecular weight excluding hydrogens is 236 g/mol. The highest BCUT2D eigenvalue weighted by Gasteiger charge is 2.13. The minimum absolute atomic E-state index is 0.125. The molecule has 18 heavy (non-hydrogen) atoms. The van der Waals surface area contributed by atoms with Gasteiger partial charge in [0.1, 0.15) is 12.1 Å². The van der Waals surface area contributed by atoms with Crippen molar-refractivity contribution in [2.24, 2.45) is 0 Å². The molecule has 0 aliphatic heterocycles. The highest BCUT2D eigenvalue weighted by atomic mass is 16.5. The maximum atomic E-state index is 11.7. The van der Waals surface area contributed by atoms with Crippen molar-refractivity contribution in [2.75, 3.05) is 19.4 Å². The minimum Gasteiger partial charge on any atom is -0.468 e. The summed E-state index contributed by atoms with van der Waals surface area (Å²) in [6.07, 6.45) is 0. The fourth-order valence-corrected chi connectivity index (χ4v) is 1.49. The summed E-state index contributed by atoms with van der Waals surface area (Å²) in [6, 6.07) is 6.64. The van der Waals surface area contributed by atoms with E-state index in [-0.39, 0.29) is 12.3 Å². The average Bonchev–Trinajstić information content (AvgIpc) is 2.78. The average molecular weight is 248 g/mol. The molecule has 2 rings (SSSR count). The van der Waals surface area contributed by atoms with Crippen molar-refractivity contribution in [3.8, 4) is 0 Å². The highest BCUT2D eigenvalue weighted by molar-refractivity contribution is 5.97. The van der Waals surface area contributed by atoms with Crippen molar-refractivity contribution in [2.45, 2.75) is 0 Å². The first-order chi connectivity index (χ1) is 8.60. The Morgan fingerprint density at radius 2 is 2.17 bits per heavy atom. The molecule has 2 aromatic rings. The minimum atomic E-state index is -0.524. The van der Waals surface area contributed by atoms with E-state index in [0.29, 0.717) is 11.3 Å². The van der Waals surface area contributed by atoms with Gasteiger partial charge in [-0.3, -0.25) is 9.59 Å². The zero-order valence-corrected chi connectivity index (χ0v) is 9.73. The Hall–Kier alpha value is -2.50. The second kappa shape index (κ2) is 4.79. The molecule has 0 saturated heterocycles. The topological polar surface area (TPSA) is 94.6 Å². The number of rotatable bonds is 3. The Balaban J connectivity index is 2.15. The van der Waals surface area contributed by atoms with Gasteiger partial charge in [0.05, 0.1) is 7.11 Å². The first-order valence-electron chi connectivity index (χ1n) is 5.24. The summed E-state index contributed by atoms with van der Waals surface area (Å²) >= 11 is 0. The number of hydrogen-bond acceptors (Lipinski definition) is 5. The third kappa shape index (κ3) is 2.42. The van der Waals surface area contributed by atoms with Gasteiger partial charge < -0.3 is 20.2 Å². The number of ether oxygens (including phenoxy) is 1. The standard InChI is InChI=1S/C12H12N2O4/c1-17-11(15)6-14-12(16)10-5-7-4-8(13)2-3-9(7)18-10/h2-5H,6,13H2,1H3,(H,14,16). The van der Waals surface area contributed by atoms with Crippen LogP contribution >= 0.6 is 0 Å². The highest BCUT2D eigenvalue weighted by Crippen LogP contribution is 2.21. The molecule has 0 fully saturated rings. The van der Waals surface area contributed by atoms with E-state index >= 15 is 0 Å². The number of anilines is 1. The molecule has 0 aliphatic carbocycles. The van der Waals surface area contributed by atoms with Gasteiger partial charge in [0.15, 0.2) is 5.76 Å². The van der Waals surface area contributed by atoms with Crippen LogP contribution in [0.2, 0.25) is 0 Å². The lowest BCUT2D eigenvalue weighted by Crippen LogP contribution is -2.29. The van der Waals surface area contributed by atoms with Gasteiger partial charge in [-0.1, -0.05) is 0 Å². The van der Waals surface area contributed by atoms with E-state index in [1.54, 1.807) is 24.3 Å². The van der Waals surface area contributed by atoms with Crippen LogP contribution in [0.1, 0.15) is 10.6 Å². The quantitative estimate of drug-likeness (QED) is 0.622. The number of amides is 1. The van der Waals surface area contributed by atoms with Crippen LogP contribution in [0, 0.1) is 0 Å². The Kier molecular flexibility index (Phi) is 3.18. The third-order valence-electron chi connectivity index (χ3n) is 2.39. The monoisotopic (exact) mass is 248 g/mol. The van der Waals surface area contributed by atoms with Gasteiger partial charge in [0, 0.05) is 11.1 Å². The zero-order valence-electron chi connectivity index (χ0n) is 9.73. The lowest BCUT2D eigenvalue weighted by Gasteiger charge is -2.00. The fraction of sp³-hybridized carbons (Fsp3) is 0.167. The van der Waals surface area contributed by atoms with Crippen LogP contribution in [0.3, 0.4) is 0 Å². The molecule has 1 aromatic carbocycles. The summed E-state index contributed by atoms with van der Waals surface area (Å²) in [4.78, 5) is 22.6. The smallest absolute Gasteiger partial charge is 0.325 e. The van der Waals surface area contributed by atoms with Gasteiger partial charge >= 0.3 is 5.97 Å². The summed E-state index contributed by atoms with van der Waals surface area (Å²) in [6.45, 7) is -0.200. The van der Waals surface area contributed by atoms with E-state index in [2.05, 4.69) is 10.1 Å². The Morgan fingerprint density at radius 3 is 2.89 bits per heavy atom. The van der Waals surface area contributed by atoms with Crippen molar-refractivity contribution in [1.29, 1.82) is 0 Å². The van der Waals surface area contributed by atoms with Gasteiger partial charge in [0.25, 0.3) is 5.91 Å². The number of carbonyl (C=O) groups excluding carboxylic acids is 2. The predicted octanol–water partition coefficient (Wildman–Crippen LogP) is 0.918. The van der Waals surface area contributed by atoms with Gasteiger partial charge in [-0.15, -0.1) is 0 Å². The van der Waals surface area contributed by atoms with Crippen LogP contribution in [0.25, 0.3) is 11.0 Å². The molecule has 0 radical (unpaired) electrons. The molecule has 0 unspecified atom stereocenters. The molecule has 0 spiro atoms. The lowest BCUT2D eigenvalue weighted by molar-refractivity contribution is -0.139. The molecule has 0 saturated carbocycles. The first-order valence-corrected chi connectivity index (χ1v) is 5.24. The molecule has 0 bridgehead atoms. The van der Waals surface area contributed by atoms with Crippen LogP contribution in [0.5, 0.6) is 0 Å². The molecule has 3 N–H and O–H groups in total. The molecule has 6 nitrogen and oxygen atoms in total. The summed E-state index contributed by atoms with van der Waals surface area (Å²) in [5, 5.41) is 3.12. The van der Waals surface area contributed by atoms with E-state index in [1.807, 2.05) is 0 Å². The van der Waals surface area contributed by atoms with Crippen LogP contribution in [-0.4, -0.2) is 25.5 Å². The number of carbonyl (C=O) groups is 2. The second-order valence-corrected chi connectivity index (χ2v) is 3.67. The summed E-state index contributed by atoms with van der Waals surface area (Å²) < 4.78 is 9.74. The SMILES string of the molecule is COC(=O)CNC(=O)c1cc2cc(N)ccc2o1. The summed E-state index contributed by atoms with van der Waals surface area (Å²) in [5.41, 5.74) is 6.77. The van der Waals surface area contributed by atoms with Crippen molar-refractivity contribution >= 4 is 28.5 Å².